The summed E-state index contributed by atoms with van der Waals surface area (Å²) >= 11 is 0. The third-order valence-corrected chi connectivity index (χ3v) is 3.54. The predicted octanol–water partition coefficient (Wildman–Crippen LogP) is 5.61. The topological polar surface area (TPSA) is 0 Å². The molecule has 0 N–H and O–H groups in total. The minimum Gasteiger partial charge on any atom is -0.107 e. The first-order valence-electron chi connectivity index (χ1n) is 6.06. The van der Waals surface area contributed by atoms with E-state index in [-0.39, 0.29) is 24.0 Å². The Morgan fingerprint density at radius 3 is 2.12 bits per heavy atom. The Morgan fingerprint density at radius 1 is 1.19 bits per heavy atom. The van der Waals surface area contributed by atoms with E-state index in [1.54, 1.807) is 0 Å². The molecular formula is C15H27I. The Labute approximate surface area is 119 Å². The van der Waals surface area contributed by atoms with Gasteiger partial charge in [-0.15, -0.1) is 24.0 Å². The van der Waals surface area contributed by atoms with E-state index in [1.165, 1.54) is 18.4 Å². The lowest BCUT2D eigenvalue weighted by Crippen LogP contribution is -2.19. The van der Waals surface area contributed by atoms with Gasteiger partial charge in [-0.2, -0.15) is 0 Å². The van der Waals surface area contributed by atoms with Crippen molar-refractivity contribution in [3.8, 4) is 0 Å². The van der Waals surface area contributed by atoms with Gasteiger partial charge in [-0.3, -0.25) is 0 Å². The molecular weight excluding hydrogens is 307 g/mol. The molecule has 0 amide bonds. The first-order chi connectivity index (χ1) is 7.08. The Bertz CT molecular complexity index is 228. The maximum atomic E-state index is 4.17. The molecule has 1 heteroatoms. The molecule has 0 aliphatic carbocycles. The second kappa shape index (κ2) is 10.1. The van der Waals surface area contributed by atoms with Crippen molar-refractivity contribution in [2.45, 2.75) is 40.5 Å². The molecule has 0 spiro atoms. The number of allylic oxidation sites excluding steroid dienone is 4. The minimum atomic E-state index is 0. The predicted molar refractivity (Wildman–Crippen MR) is 86.3 cm³/mol. The quantitative estimate of drug-likeness (QED) is 0.419. The SMILES string of the molecule is C=C/C=C\C(=C)C(CC)C(C)C(C)CC.I. The maximum absolute atomic E-state index is 4.17. The molecule has 0 saturated heterocycles. The van der Waals surface area contributed by atoms with Crippen LogP contribution in [0.1, 0.15) is 40.5 Å². The van der Waals surface area contributed by atoms with Crippen molar-refractivity contribution in [1.29, 1.82) is 0 Å². The zero-order valence-corrected chi connectivity index (χ0v) is 13.5. The minimum absolute atomic E-state index is 0. The van der Waals surface area contributed by atoms with Crippen LogP contribution in [0.15, 0.2) is 37.0 Å². The molecule has 0 saturated carbocycles. The molecule has 0 nitrogen and oxygen atoms in total. The lowest BCUT2D eigenvalue weighted by molar-refractivity contribution is 0.284. The largest absolute Gasteiger partial charge is 0.107 e. The van der Waals surface area contributed by atoms with Crippen LogP contribution in [-0.4, -0.2) is 0 Å². The summed E-state index contributed by atoms with van der Waals surface area (Å²) in [7, 11) is 0. The molecule has 3 unspecified atom stereocenters. The average Bonchev–Trinajstić information content (AvgIpc) is 2.25. The van der Waals surface area contributed by atoms with Crippen LogP contribution in [0.2, 0.25) is 0 Å². The summed E-state index contributed by atoms with van der Waals surface area (Å²) in [6, 6.07) is 0. The van der Waals surface area contributed by atoms with Gasteiger partial charge in [-0.25, -0.2) is 0 Å². The summed E-state index contributed by atoms with van der Waals surface area (Å²) in [6.45, 7) is 17.0. The molecule has 94 valence electrons. The first kappa shape index (κ1) is 18.3. The maximum Gasteiger partial charge on any atom is -0.0142 e. The fourth-order valence-electron chi connectivity index (χ4n) is 2.06. The Morgan fingerprint density at radius 2 is 1.75 bits per heavy atom. The van der Waals surface area contributed by atoms with Gasteiger partial charge < -0.3 is 0 Å². The molecule has 0 radical (unpaired) electrons. The lowest BCUT2D eigenvalue weighted by Gasteiger charge is -2.28. The van der Waals surface area contributed by atoms with Crippen molar-refractivity contribution in [3.05, 3.63) is 37.0 Å². The van der Waals surface area contributed by atoms with Crippen LogP contribution in [0.5, 0.6) is 0 Å². The monoisotopic (exact) mass is 334 g/mol. The second-order valence-corrected chi connectivity index (χ2v) is 4.43. The van der Waals surface area contributed by atoms with Crippen molar-refractivity contribution < 1.29 is 0 Å². The molecule has 0 aliphatic rings. The first-order valence-corrected chi connectivity index (χ1v) is 6.06. The van der Waals surface area contributed by atoms with Crippen LogP contribution in [0, 0.1) is 17.8 Å². The van der Waals surface area contributed by atoms with Crippen molar-refractivity contribution in [3.63, 3.8) is 0 Å². The van der Waals surface area contributed by atoms with Gasteiger partial charge in [0.05, 0.1) is 0 Å². The van der Waals surface area contributed by atoms with E-state index in [0.717, 1.165) is 5.92 Å². The summed E-state index contributed by atoms with van der Waals surface area (Å²) in [5.74, 6) is 2.09. The average molecular weight is 334 g/mol. The fourth-order valence-corrected chi connectivity index (χ4v) is 2.06. The lowest BCUT2D eigenvalue weighted by atomic mass is 9.77. The third-order valence-electron chi connectivity index (χ3n) is 3.54. The normalized spacial score (nSPS) is 16.2. The third kappa shape index (κ3) is 5.88. The van der Waals surface area contributed by atoms with Crippen LogP contribution < -0.4 is 0 Å². The molecule has 0 heterocycles. The molecule has 3 atom stereocenters. The van der Waals surface area contributed by atoms with Crippen molar-refractivity contribution >= 4 is 24.0 Å². The molecule has 0 rings (SSSR count). The molecule has 0 aromatic rings. The van der Waals surface area contributed by atoms with E-state index in [0.29, 0.717) is 11.8 Å². The van der Waals surface area contributed by atoms with Gasteiger partial charge in [0.1, 0.15) is 0 Å². The summed E-state index contributed by atoms with van der Waals surface area (Å²) in [5.41, 5.74) is 1.24. The Balaban J connectivity index is 0. The Hall–Kier alpha value is -0.0500. The van der Waals surface area contributed by atoms with Crippen molar-refractivity contribution in [2.75, 3.05) is 0 Å². The van der Waals surface area contributed by atoms with Crippen molar-refractivity contribution in [1.82, 2.24) is 0 Å². The van der Waals surface area contributed by atoms with E-state index in [9.17, 15) is 0 Å². The zero-order valence-electron chi connectivity index (χ0n) is 11.2. The van der Waals surface area contributed by atoms with Crippen LogP contribution in [0.4, 0.5) is 0 Å². The van der Waals surface area contributed by atoms with E-state index >= 15 is 0 Å². The van der Waals surface area contributed by atoms with Crippen molar-refractivity contribution in [2.24, 2.45) is 17.8 Å². The number of halogens is 1. The highest BCUT2D eigenvalue weighted by Gasteiger charge is 2.21. The number of hydrogen-bond acceptors (Lipinski definition) is 0. The molecule has 16 heavy (non-hydrogen) atoms. The van der Waals surface area contributed by atoms with Gasteiger partial charge >= 0.3 is 0 Å². The number of hydrogen-bond donors (Lipinski definition) is 0. The highest BCUT2D eigenvalue weighted by molar-refractivity contribution is 14.0. The highest BCUT2D eigenvalue weighted by Crippen LogP contribution is 2.31. The van der Waals surface area contributed by atoms with Gasteiger partial charge in [0.25, 0.3) is 0 Å². The summed E-state index contributed by atoms with van der Waals surface area (Å²) in [6.07, 6.45) is 8.31. The van der Waals surface area contributed by atoms with Crippen LogP contribution in [0.3, 0.4) is 0 Å². The van der Waals surface area contributed by atoms with E-state index < -0.39 is 0 Å². The van der Waals surface area contributed by atoms with Gasteiger partial charge in [0.15, 0.2) is 0 Å². The molecule has 0 aromatic carbocycles. The van der Waals surface area contributed by atoms with E-state index in [1.807, 2.05) is 12.2 Å². The van der Waals surface area contributed by atoms with Gasteiger partial charge in [-0.05, 0) is 24.2 Å². The molecule has 0 bridgehead atoms. The summed E-state index contributed by atoms with van der Waals surface area (Å²) < 4.78 is 0. The molecule has 0 fully saturated rings. The van der Waals surface area contributed by atoms with Crippen LogP contribution in [0.25, 0.3) is 0 Å². The van der Waals surface area contributed by atoms with Crippen LogP contribution >= 0.6 is 24.0 Å². The zero-order chi connectivity index (χ0) is 11.8. The second-order valence-electron chi connectivity index (χ2n) is 4.43. The van der Waals surface area contributed by atoms with Gasteiger partial charge in [-0.1, -0.05) is 71.1 Å². The fraction of sp³-hybridized carbons (Fsp3) is 0.600. The van der Waals surface area contributed by atoms with E-state index in [2.05, 4.69) is 46.9 Å². The van der Waals surface area contributed by atoms with Crippen LogP contribution in [-0.2, 0) is 0 Å². The molecule has 0 aliphatic heterocycles. The standard InChI is InChI=1S/C15H26.HI/c1-7-10-11-13(5)15(9-3)14(6)12(4)8-2;/h7,10-12,14-15H,1,5,8-9H2,2-4,6H3;1H/b11-10-;. The summed E-state index contributed by atoms with van der Waals surface area (Å²) in [4.78, 5) is 0. The smallest absolute Gasteiger partial charge is 0.0142 e. The van der Waals surface area contributed by atoms with Gasteiger partial charge in [0, 0.05) is 0 Å². The van der Waals surface area contributed by atoms with E-state index in [4.69, 9.17) is 0 Å². The summed E-state index contributed by atoms with van der Waals surface area (Å²) in [5, 5.41) is 0. The Kier molecular flexibility index (Phi) is 11.6. The van der Waals surface area contributed by atoms with Gasteiger partial charge in [0.2, 0.25) is 0 Å². The number of rotatable bonds is 7. The molecule has 0 aromatic heterocycles. The highest BCUT2D eigenvalue weighted by atomic mass is 127.